The van der Waals surface area contributed by atoms with Crippen LogP contribution in [0.15, 0.2) is 140 Å². The fourth-order valence-corrected chi connectivity index (χ4v) is 8.13. The van der Waals surface area contributed by atoms with Crippen molar-refractivity contribution in [2.24, 2.45) is 0 Å². The highest BCUT2D eigenvalue weighted by molar-refractivity contribution is 6.25. The van der Waals surface area contributed by atoms with E-state index in [0.29, 0.717) is 0 Å². The highest BCUT2D eigenvalue weighted by Crippen LogP contribution is 2.49. The van der Waals surface area contributed by atoms with Crippen molar-refractivity contribution < 1.29 is 0 Å². The molecule has 8 aromatic rings. The van der Waals surface area contributed by atoms with Gasteiger partial charge in [0.25, 0.3) is 0 Å². The van der Waals surface area contributed by atoms with Crippen molar-refractivity contribution in [3.63, 3.8) is 0 Å². The van der Waals surface area contributed by atoms with Gasteiger partial charge in [-0.3, -0.25) is 0 Å². The molecule has 8 aromatic carbocycles. The van der Waals surface area contributed by atoms with Gasteiger partial charge in [0.1, 0.15) is 0 Å². The van der Waals surface area contributed by atoms with Crippen LogP contribution in [0.3, 0.4) is 0 Å². The summed E-state index contributed by atoms with van der Waals surface area (Å²) in [5.41, 5.74) is 14.6. The van der Waals surface area contributed by atoms with E-state index < -0.39 is 0 Å². The van der Waals surface area contributed by atoms with Crippen molar-refractivity contribution in [2.45, 2.75) is 45.4 Å². The third-order valence-electron chi connectivity index (χ3n) is 10.8. The highest BCUT2D eigenvalue weighted by Gasteiger charge is 2.35. The minimum absolute atomic E-state index is 0.0105. The zero-order valence-corrected chi connectivity index (χ0v) is 27.8. The lowest BCUT2D eigenvalue weighted by molar-refractivity contribution is 0.591. The van der Waals surface area contributed by atoms with E-state index in [-0.39, 0.29) is 10.8 Å². The van der Waals surface area contributed by atoms with E-state index >= 15 is 0 Å². The summed E-state index contributed by atoms with van der Waals surface area (Å²) >= 11 is 0. The molecule has 0 bridgehead atoms. The smallest absolute Gasteiger partial charge is 0.0159 e. The molecule has 0 radical (unpaired) electrons. The molecule has 0 saturated carbocycles. The van der Waals surface area contributed by atoms with Crippen LogP contribution in [0, 0.1) is 0 Å². The summed E-state index contributed by atoms with van der Waals surface area (Å²) in [5, 5.41) is 8.01. The molecular weight excluding hydrogens is 565 g/mol. The summed E-state index contributed by atoms with van der Waals surface area (Å²) in [4.78, 5) is 0. The predicted octanol–water partition coefficient (Wildman–Crippen LogP) is 13.2. The molecule has 0 heterocycles. The summed E-state index contributed by atoms with van der Waals surface area (Å²) in [6.45, 7) is 11.6. The molecule has 0 fully saturated rings. The first-order valence-electron chi connectivity index (χ1n) is 16.8. The molecule has 0 aliphatic heterocycles. The molecule has 0 amide bonds. The Labute approximate surface area is 277 Å². The second kappa shape index (κ2) is 9.90. The maximum Gasteiger partial charge on any atom is 0.0159 e. The van der Waals surface area contributed by atoms with Crippen LogP contribution in [0.1, 0.15) is 51.3 Å². The molecule has 0 N–H and O–H groups in total. The Balaban J connectivity index is 1.13. The van der Waals surface area contributed by atoms with Crippen LogP contribution in [-0.2, 0) is 10.8 Å². The Kier molecular flexibility index (Phi) is 5.91. The molecule has 0 spiro atoms. The van der Waals surface area contributed by atoms with Gasteiger partial charge in [0.05, 0.1) is 0 Å². The summed E-state index contributed by atoms with van der Waals surface area (Å²) < 4.78 is 0. The van der Waals surface area contributed by atoms with Gasteiger partial charge in [-0.05, 0) is 117 Å². The van der Waals surface area contributed by atoms with Gasteiger partial charge in [0.2, 0.25) is 0 Å². The Morgan fingerprint density at radius 1 is 0.404 bits per heavy atom. The average molecular weight is 603 g/mol. The molecule has 226 valence electrons. The van der Waals surface area contributed by atoms with E-state index in [9.17, 15) is 0 Å². The maximum atomic E-state index is 2.42. The molecular formula is C47H38. The fourth-order valence-electron chi connectivity index (χ4n) is 8.13. The van der Waals surface area contributed by atoms with Gasteiger partial charge in [-0.2, -0.15) is 0 Å². The van der Waals surface area contributed by atoms with Crippen LogP contribution in [0.2, 0.25) is 0 Å². The normalized spacial score (nSPS) is 13.8. The van der Waals surface area contributed by atoms with Crippen molar-refractivity contribution in [3.05, 3.63) is 156 Å². The quantitative estimate of drug-likeness (QED) is 0.177. The number of hydrogen-bond acceptors (Lipinski definition) is 0. The van der Waals surface area contributed by atoms with Crippen LogP contribution in [0.25, 0.3) is 76.8 Å². The van der Waals surface area contributed by atoms with Crippen molar-refractivity contribution in [2.75, 3.05) is 0 Å². The molecule has 0 aromatic heterocycles. The van der Waals surface area contributed by atoms with Gasteiger partial charge >= 0.3 is 0 Å². The Bertz CT molecular complexity index is 2500. The molecule has 9 rings (SSSR count). The fraction of sp³-hybridized carbons (Fsp3) is 0.149. The van der Waals surface area contributed by atoms with E-state index in [1.165, 1.54) is 93.5 Å². The van der Waals surface area contributed by atoms with E-state index in [0.717, 1.165) is 0 Å². The average Bonchev–Trinajstić information content (AvgIpc) is 3.32. The first-order chi connectivity index (χ1) is 22.7. The Morgan fingerprint density at radius 2 is 0.957 bits per heavy atom. The zero-order chi connectivity index (χ0) is 32.1. The topological polar surface area (TPSA) is 0 Å². The SMILES string of the molecule is CC(C)(C)c1cc2ccc3ccc(-c4cccc(-c5cccc(-c6ccc7c(c6)C(C)(C)c6ccccc6-7)c5)c4)c4ccc(c1)c2c34. The lowest BCUT2D eigenvalue weighted by atomic mass is 9.81. The molecule has 1 aliphatic carbocycles. The van der Waals surface area contributed by atoms with Gasteiger partial charge < -0.3 is 0 Å². The van der Waals surface area contributed by atoms with E-state index in [1.54, 1.807) is 0 Å². The summed E-state index contributed by atoms with van der Waals surface area (Å²) in [7, 11) is 0. The summed E-state index contributed by atoms with van der Waals surface area (Å²) in [6, 6.07) is 52.7. The second-order valence-corrected chi connectivity index (χ2v) is 15.0. The number of fused-ring (bicyclic) bond motifs is 3. The summed E-state index contributed by atoms with van der Waals surface area (Å²) in [6.07, 6.45) is 0. The largest absolute Gasteiger partial charge is 0.0619 e. The van der Waals surface area contributed by atoms with Crippen LogP contribution in [0.4, 0.5) is 0 Å². The van der Waals surface area contributed by atoms with Crippen molar-refractivity contribution in [3.8, 4) is 44.5 Å². The third-order valence-corrected chi connectivity index (χ3v) is 10.8. The molecule has 0 unspecified atom stereocenters. The minimum atomic E-state index is -0.0105. The third kappa shape index (κ3) is 4.28. The van der Waals surface area contributed by atoms with Crippen LogP contribution in [0.5, 0.6) is 0 Å². The van der Waals surface area contributed by atoms with Crippen LogP contribution in [-0.4, -0.2) is 0 Å². The number of benzene rings is 8. The van der Waals surface area contributed by atoms with E-state index in [4.69, 9.17) is 0 Å². The zero-order valence-electron chi connectivity index (χ0n) is 27.8. The monoisotopic (exact) mass is 602 g/mol. The van der Waals surface area contributed by atoms with Gasteiger partial charge in [-0.25, -0.2) is 0 Å². The Hall–Kier alpha value is -5.20. The molecule has 0 nitrogen and oxygen atoms in total. The Morgan fingerprint density at radius 3 is 1.68 bits per heavy atom. The molecule has 0 heteroatoms. The molecule has 47 heavy (non-hydrogen) atoms. The van der Waals surface area contributed by atoms with Crippen LogP contribution >= 0.6 is 0 Å². The van der Waals surface area contributed by atoms with E-state index in [1.807, 2.05) is 0 Å². The van der Waals surface area contributed by atoms with Crippen molar-refractivity contribution in [1.82, 2.24) is 0 Å². The lowest BCUT2D eigenvalue weighted by Gasteiger charge is -2.22. The maximum absolute atomic E-state index is 2.42. The van der Waals surface area contributed by atoms with Crippen LogP contribution < -0.4 is 0 Å². The number of rotatable bonds is 3. The predicted molar refractivity (Wildman–Crippen MR) is 203 cm³/mol. The first kappa shape index (κ1) is 28.1. The molecule has 0 saturated heterocycles. The first-order valence-corrected chi connectivity index (χ1v) is 16.8. The van der Waals surface area contributed by atoms with Gasteiger partial charge in [0, 0.05) is 5.41 Å². The van der Waals surface area contributed by atoms with Gasteiger partial charge in [-0.15, -0.1) is 0 Å². The lowest BCUT2D eigenvalue weighted by Crippen LogP contribution is -2.14. The van der Waals surface area contributed by atoms with Gasteiger partial charge in [0.15, 0.2) is 0 Å². The second-order valence-electron chi connectivity index (χ2n) is 15.0. The standard InChI is InChI=1S/C47H38/c1-46(2,3)37-26-35-17-16-29-18-21-38(41-23-20-36(27-37)44(35)45(29)41)34-13-9-12-32(25-34)30-10-8-11-31(24-30)33-19-22-40-39-14-6-7-15-42(39)47(4,5)43(40)28-33/h6-28H,1-5H3. The molecule has 1 aliphatic rings. The van der Waals surface area contributed by atoms with Crippen molar-refractivity contribution >= 4 is 32.3 Å². The molecule has 0 atom stereocenters. The van der Waals surface area contributed by atoms with Crippen molar-refractivity contribution in [1.29, 1.82) is 0 Å². The minimum Gasteiger partial charge on any atom is -0.0619 e. The summed E-state index contributed by atoms with van der Waals surface area (Å²) in [5.74, 6) is 0. The van der Waals surface area contributed by atoms with Gasteiger partial charge in [-0.1, -0.05) is 156 Å². The highest BCUT2D eigenvalue weighted by atomic mass is 14.4. The van der Waals surface area contributed by atoms with E-state index in [2.05, 4.69) is 174 Å². The number of hydrogen-bond donors (Lipinski definition) is 0.